The van der Waals surface area contributed by atoms with Crippen LogP contribution in [0.4, 0.5) is 0 Å². The van der Waals surface area contributed by atoms with Crippen molar-refractivity contribution >= 4 is 38.3 Å². The molecule has 1 amide bonds. The van der Waals surface area contributed by atoms with Crippen molar-refractivity contribution in [1.29, 1.82) is 0 Å². The summed E-state index contributed by atoms with van der Waals surface area (Å²) in [5.74, 6) is -0.153. The second-order valence-electron chi connectivity index (χ2n) is 8.19. The third-order valence-electron chi connectivity index (χ3n) is 5.81. The SMILES string of the molecule is CCCCc1nc(Cl)c(C(=O)NS(=O)(=O)c2ccccc2)n1Cc1ccc(C)c2ccccc12. The van der Waals surface area contributed by atoms with E-state index >= 15 is 0 Å². The zero-order valence-corrected chi connectivity index (χ0v) is 20.7. The molecule has 0 saturated carbocycles. The highest BCUT2D eigenvalue weighted by Crippen LogP contribution is 2.26. The minimum absolute atomic E-state index is 0.00118. The van der Waals surface area contributed by atoms with Gasteiger partial charge in [-0.3, -0.25) is 4.79 Å². The van der Waals surface area contributed by atoms with Crippen LogP contribution in [0.25, 0.3) is 10.8 Å². The number of hydrogen-bond donors (Lipinski definition) is 1. The quantitative estimate of drug-likeness (QED) is 0.349. The Labute approximate surface area is 204 Å². The van der Waals surface area contributed by atoms with Gasteiger partial charge < -0.3 is 4.57 Å². The lowest BCUT2D eigenvalue weighted by atomic mass is 10.00. The van der Waals surface area contributed by atoms with E-state index in [9.17, 15) is 13.2 Å². The number of aromatic nitrogens is 2. The normalized spacial score (nSPS) is 11.6. The smallest absolute Gasteiger partial charge is 0.284 e. The molecule has 1 N–H and O–H groups in total. The standard InChI is InChI=1S/C26H26ClN3O3S/c1-3-4-14-23-28-25(27)24(26(31)29-34(32,33)20-10-6-5-7-11-20)30(23)17-19-16-15-18(2)21-12-8-9-13-22(19)21/h5-13,15-16H,3-4,14,17H2,1-2H3,(H,29,31). The molecule has 3 aromatic carbocycles. The summed E-state index contributed by atoms with van der Waals surface area (Å²) in [5, 5.41) is 2.18. The molecule has 0 spiro atoms. The van der Waals surface area contributed by atoms with Crippen molar-refractivity contribution in [2.45, 2.75) is 44.6 Å². The van der Waals surface area contributed by atoms with Crippen molar-refractivity contribution in [3.63, 3.8) is 0 Å². The number of carbonyl (C=O) groups is 1. The predicted octanol–water partition coefficient (Wildman–Crippen LogP) is 5.51. The Morgan fingerprint density at radius 1 is 1.00 bits per heavy atom. The average molecular weight is 496 g/mol. The minimum Gasteiger partial charge on any atom is -0.318 e. The number of sulfonamides is 1. The van der Waals surface area contributed by atoms with E-state index in [-0.39, 0.29) is 15.7 Å². The number of aryl methyl sites for hydroxylation is 2. The molecule has 0 bridgehead atoms. The third kappa shape index (κ3) is 4.86. The highest BCUT2D eigenvalue weighted by atomic mass is 35.5. The number of nitrogens with one attached hydrogen (secondary N) is 1. The molecule has 4 rings (SSSR count). The van der Waals surface area contributed by atoms with E-state index in [0.29, 0.717) is 18.8 Å². The summed E-state index contributed by atoms with van der Waals surface area (Å²) in [6.45, 7) is 4.47. The van der Waals surface area contributed by atoms with E-state index in [1.165, 1.54) is 12.1 Å². The lowest BCUT2D eigenvalue weighted by molar-refractivity contribution is 0.0972. The summed E-state index contributed by atoms with van der Waals surface area (Å²) >= 11 is 6.42. The maximum absolute atomic E-state index is 13.2. The topological polar surface area (TPSA) is 81.1 Å². The number of hydrogen-bond acceptors (Lipinski definition) is 4. The third-order valence-corrected chi connectivity index (χ3v) is 7.42. The highest BCUT2D eigenvalue weighted by molar-refractivity contribution is 7.90. The molecule has 4 aromatic rings. The van der Waals surface area contributed by atoms with Crippen molar-refractivity contribution in [3.05, 3.63) is 94.5 Å². The van der Waals surface area contributed by atoms with E-state index in [4.69, 9.17) is 11.6 Å². The Morgan fingerprint density at radius 2 is 1.68 bits per heavy atom. The first-order chi connectivity index (χ1) is 16.3. The van der Waals surface area contributed by atoms with Crippen LogP contribution in [0.3, 0.4) is 0 Å². The Balaban J connectivity index is 1.77. The molecule has 0 saturated heterocycles. The summed E-state index contributed by atoms with van der Waals surface area (Å²) in [6, 6.07) is 19.9. The molecule has 8 heteroatoms. The Kier molecular flexibility index (Phi) is 7.05. The van der Waals surface area contributed by atoms with Crippen LogP contribution in [0.1, 0.15) is 47.2 Å². The molecule has 0 unspecified atom stereocenters. The zero-order chi connectivity index (χ0) is 24.3. The van der Waals surface area contributed by atoms with Gasteiger partial charge in [0.05, 0.1) is 11.4 Å². The van der Waals surface area contributed by atoms with E-state index in [0.717, 1.165) is 34.7 Å². The van der Waals surface area contributed by atoms with E-state index in [1.54, 1.807) is 22.8 Å². The van der Waals surface area contributed by atoms with Crippen LogP contribution < -0.4 is 4.72 Å². The summed E-state index contributed by atoms with van der Waals surface area (Å²) in [4.78, 5) is 17.7. The fraction of sp³-hybridized carbons (Fsp3) is 0.231. The van der Waals surface area contributed by atoms with Crippen LogP contribution in [0.2, 0.25) is 5.15 Å². The van der Waals surface area contributed by atoms with Crippen LogP contribution >= 0.6 is 11.6 Å². The van der Waals surface area contributed by atoms with Gasteiger partial charge in [-0.2, -0.15) is 0 Å². The maximum Gasteiger partial charge on any atom is 0.284 e. The number of nitrogens with zero attached hydrogens (tertiary/aromatic N) is 2. The molecule has 1 heterocycles. The lowest BCUT2D eigenvalue weighted by Crippen LogP contribution is -2.32. The van der Waals surface area contributed by atoms with E-state index in [2.05, 4.69) is 29.6 Å². The van der Waals surface area contributed by atoms with Crippen molar-refractivity contribution in [2.75, 3.05) is 0 Å². The molecule has 0 radical (unpaired) electrons. The van der Waals surface area contributed by atoms with Gasteiger partial charge in [-0.15, -0.1) is 0 Å². The molecule has 0 aliphatic carbocycles. The number of amides is 1. The van der Waals surface area contributed by atoms with E-state index < -0.39 is 15.9 Å². The maximum atomic E-state index is 13.2. The monoisotopic (exact) mass is 495 g/mol. The first kappa shape index (κ1) is 24.0. The molecule has 0 aliphatic heterocycles. The van der Waals surface area contributed by atoms with Crippen molar-refractivity contribution in [2.24, 2.45) is 0 Å². The Hall–Kier alpha value is -3.16. The van der Waals surface area contributed by atoms with Crippen LogP contribution in [0.5, 0.6) is 0 Å². The van der Waals surface area contributed by atoms with Crippen LogP contribution in [0, 0.1) is 6.92 Å². The number of imidazole rings is 1. The number of benzene rings is 3. The second-order valence-corrected chi connectivity index (χ2v) is 10.2. The fourth-order valence-corrected chi connectivity index (χ4v) is 5.29. The van der Waals surface area contributed by atoms with Crippen LogP contribution in [-0.4, -0.2) is 23.9 Å². The van der Waals surface area contributed by atoms with Gasteiger partial charge in [0.2, 0.25) is 0 Å². The molecular weight excluding hydrogens is 470 g/mol. The molecule has 176 valence electrons. The fourth-order valence-electron chi connectivity index (χ4n) is 4.03. The van der Waals surface area contributed by atoms with Gasteiger partial charge in [-0.05, 0) is 47.4 Å². The number of carbonyl (C=O) groups excluding carboxylic acids is 1. The largest absolute Gasteiger partial charge is 0.318 e. The highest BCUT2D eigenvalue weighted by Gasteiger charge is 2.26. The second kappa shape index (κ2) is 9.99. The van der Waals surface area contributed by atoms with Gasteiger partial charge in [0.1, 0.15) is 11.5 Å². The van der Waals surface area contributed by atoms with Gasteiger partial charge in [0.15, 0.2) is 5.15 Å². The van der Waals surface area contributed by atoms with Crippen molar-refractivity contribution in [3.8, 4) is 0 Å². The minimum atomic E-state index is -4.06. The van der Waals surface area contributed by atoms with Gasteiger partial charge in [0, 0.05) is 6.42 Å². The average Bonchev–Trinajstić information content (AvgIpc) is 3.14. The number of fused-ring (bicyclic) bond motifs is 1. The van der Waals surface area contributed by atoms with Crippen molar-refractivity contribution in [1.82, 2.24) is 14.3 Å². The summed E-state index contributed by atoms with van der Waals surface area (Å²) in [5.41, 5.74) is 2.19. The lowest BCUT2D eigenvalue weighted by Gasteiger charge is -2.15. The summed E-state index contributed by atoms with van der Waals surface area (Å²) in [7, 11) is -4.06. The first-order valence-electron chi connectivity index (χ1n) is 11.2. The molecule has 0 fully saturated rings. The molecule has 6 nitrogen and oxygen atoms in total. The van der Waals surface area contributed by atoms with Crippen LogP contribution in [-0.2, 0) is 23.0 Å². The molecule has 0 aliphatic rings. The predicted molar refractivity (Wildman–Crippen MR) is 135 cm³/mol. The number of unbranched alkanes of at least 4 members (excludes halogenated alkanes) is 1. The zero-order valence-electron chi connectivity index (χ0n) is 19.1. The number of halogens is 1. The summed E-state index contributed by atoms with van der Waals surface area (Å²) in [6.07, 6.45) is 2.44. The van der Waals surface area contributed by atoms with Gasteiger partial charge >= 0.3 is 0 Å². The Morgan fingerprint density at radius 3 is 2.38 bits per heavy atom. The van der Waals surface area contributed by atoms with Gasteiger partial charge in [-0.1, -0.05) is 79.5 Å². The molecule has 34 heavy (non-hydrogen) atoms. The van der Waals surface area contributed by atoms with Crippen molar-refractivity contribution < 1.29 is 13.2 Å². The van der Waals surface area contributed by atoms with Gasteiger partial charge in [0.25, 0.3) is 15.9 Å². The molecule has 0 atom stereocenters. The summed E-state index contributed by atoms with van der Waals surface area (Å²) < 4.78 is 29.5. The Bertz CT molecular complexity index is 1450. The first-order valence-corrected chi connectivity index (χ1v) is 13.0. The van der Waals surface area contributed by atoms with Crippen LogP contribution in [0.15, 0.2) is 71.6 Å². The molecular formula is C26H26ClN3O3S. The van der Waals surface area contributed by atoms with E-state index in [1.807, 2.05) is 30.3 Å². The number of rotatable bonds is 8. The van der Waals surface area contributed by atoms with Gasteiger partial charge in [-0.25, -0.2) is 18.1 Å². The molecule has 1 aromatic heterocycles.